The molecule has 0 saturated heterocycles. The van der Waals surface area contributed by atoms with E-state index in [1.807, 2.05) is 42.5 Å². The van der Waals surface area contributed by atoms with E-state index in [0.717, 1.165) is 17.2 Å². The van der Waals surface area contributed by atoms with Crippen molar-refractivity contribution in [2.24, 2.45) is 0 Å². The van der Waals surface area contributed by atoms with E-state index in [1.165, 1.54) is 16.7 Å². The summed E-state index contributed by atoms with van der Waals surface area (Å²) in [6.07, 6.45) is 0. The molecule has 3 rings (SSSR count). The highest BCUT2D eigenvalue weighted by atomic mass is 16.5. The van der Waals surface area contributed by atoms with Crippen molar-refractivity contribution in [3.63, 3.8) is 0 Å². The first kappa shape index (κ1) is 31.1. The van der Waals surface area contributed by atoms with Crippen molar-refractivity contribution in [3.8, 4) is 17.2 Å². The van der Waals surface area contributed by atoms with Crippen molar-refractivity contribution in [2.45, 2.75) is 78.6 Å². The maximum Gasteiger partial charge on any atom is 0.122 e. The second-order valence-electron chi connectivity index (χ2n) is 11.9. The predicted molar refractivity (Wildman–Crippen MR) is 155 cm³/mol. The molecule has 0 aliphatic rings. The SMILES string of the molecule is COc1ccc(C(C)(C)C)cc1.COc1cccc(C(C)(C)C)c1.COc1ccccc1C(C)(C)C. The molecule has 3 nitrogen and oxygen atoms in total. The molecule has 0 atom stereocenters. The summed E-state index contributed by atoms with van der Waals surface area (Å²) in [7, 11) is 5.10. The zero-order valence-corrected chi connectivity index (χ0v) is 24.7. The van der Waals surface area contributed by atoms with Crippen LogP contribution in [0.5, 0.6) is 17.2 Å². The van der Waals surface area contributed by atoms with E-state index in [0.29, 0.717) is 0 Å². The number of ether oxygens (including phenoxy) is 3. The Bertz CT molecular complexity index is 1030. The van der Waals surface area contributed by atoms with Crippen molar-refractivity contribution in [1.29, 1.82) is 0 Å². The fourth-order valence-corrected chi connectivity index (χ4v) is 3.44. The van der Waals surface area contributed by atoms with Crippen LogP contribution in [0.4, 0.5) is 0 Å². The third-order valence-corrected chi connectivity index (χ3v) is 5.81. The van der Waals surface area contributed by atoms with Gasteiger partial charge < -0.3 is 14.2 Å². The molecule has 0 unspecified atom stereocenters. The van der Waals surface area contributed by atoms with Gasteiger partial charge in [-0.25, -0.2) is 0 Å². The van der Waals surface area contributed by atoms with Gasteiger partial charge >= 0.3 is 0 Å². The lowest BCUT2D eigenvalue weighted by atomic mass is 9.86. The summed E-state index contributed by atoms with van der Waals surface area (Å²) in [5.41, 5.74) is 4.49. The van der Waals surface area contributed by atoms with Crippen molar-refractivity contribution in [1.82, 2.24) is 0 Å². The first-order chi connectivity index (χ1) is 16.6. The van der Waals surface area contributed by atoms with E-state index in [4.69, 9.17) is 14.2 Å². The molecule has 36 heavy (non-hydrogen) atoms. The van der Waals surface area contributed by atoms with E-state index >= 15 is 0 Å². The average Bonchev–Trinajstić information content (AvgIpc) is 2.83. The van der Waals surface area contributed by atoms with E-state index in [9.17, 15) is 0 Å². The van der Waals surface area contributed by atoms with Gasteiger partial charge in [-0.1, -0.05) is 105 Å². The van der Waals surface area contributed by atoms with Crippen LogP contribution in [0.3, 0.4) is 0 Å². The molecule has 0 aliphatic heterocycles. The number of methoxy groups -OCH3 is 3. The van der Waals surface area contributed by atoms with Crippen LogP contribution in [-0.4, -0.2) is 21.3 Å². The standard InChI is InChI=1S/3C11H16O/c1-11(2,3)9-5-7-10(12-4)8-6-9;1-11(2,3)9-6-5-7-10(8-9)12-4;1-11(2,3)9-7-5-6-8-10(9)12-4/h3*5-8H,1-4H3. The highest BCUT2D eigenvalue weighted by Gasteiger charge is 2.17. The molecule has 0 spiro atoms. The zero-order chi connectivity index (χ0) is 27.6. The summed E-state index contributed by atoms with van der Waals surface area (Å²) in [5, 5.41) is 0. The molecule has 0 fully saturated rings. The molecule has 0 heterocycles. The molecule has 0 aromatic heterocycles. The Hall–Kier alpha value is -2.94. The summed E-state index contributed by atoms with van der Waals surface area (Å²) in [4.78, 5) is 0. The van der Waals surface area contributed by atoms with Crippen molar-refractivity contribution >= 4 is 0 Å². The second kappa shape index (κ2) is 13.4. The normalized spacial score (nSPS) is 11.3. The van der Waals surface area contributed by atoms with E-state index in [1.54, 1.807) is 21.3 Å². The van der Waals surface area contributed by atoms with Gasteiger partial charge in [-0.3, -0.25) is 0 Å². The summed E-state index contributed by atoms with van der Waals surface area (Å²) in [6, 6.07) is 24.6. The lowest BCUT2D eigenvalue weighted by Crippen LogP contribution is -2.12. The number of hydrogen-bond acceptors (Lipinski definition) is 3. The second-order valence-corrected chi connectivity index (χ2v) is 11.9. The first-order valence-corrected chi connectivity index (χ1v) is 12.6. The van der Waals surface area contributed by atoms with E-state index in [2.05, 4.69) is 92.6 Å². The zero-order valence-electron chi connectivity index (χ0n) is 24.7. The van der Waals surface area contributed by atoms with Crippen LogP contribution in [0, 0.1) is 0 Å². The molecular weight excluding hydrogens is 444 g/mol. The largest absolute Gasteiger partial charge is 0.497 e. The molecular formula is C33H48O3. The first-order valence-electron chi connectivity index (χ1n) is 12.6. The van der Waals surface area contributed by atoms with Crippen LogP contribution in [0.2, 0.25) is 0 Å². The molecule has 3 aromatic carbocycles. The molecule has 3 aromatic rings. The topological polar surface area (TPSA) is 27.7 Å². The summed E-state index contributed by atoms with van der Waals surface area (Å²) in [6.45, 7) is 19.8. The predicted octanol–water partition coefficient (Wildman–Crippen LogP) is 8.98. The number of rotatable bonds is 3. The van der Waals surface area contributed by atoms with Crippen molar-refractivity contribution in [2.75, 3.05) is 21.3 Å². The monoisotopic (exact) mass is 492 g/mol. The minimum Gasteiger partial charge on any atom is -0.497 e. The van der Waals surface area contributed by atoms with Gasteiger partial charge in [-0.05, 0) is 63.3 Å². The molecule has 0 amide bonds. The minimum atomic E-state index is 0.159. The molecule has 198 valence electrons. The van der Waals surface area contributed by atoms with Crippen LogP contribution in [0.1, 0.15) is 79.0 Å². The Kier molecular flexibility index (Phi) is 11.6. The molecule has 0 bridgehead atoms. The van der Waals surface area contributed by atoms with Gasteiger partial charge in [-0.2, -0.15) is 0 Å². The molecule has 0 aliphatic carbocycles. The van der Waals surface area contributed by atoms with Crippen molar-refractivity contribution in [3.05, 3.63) is 89.5 Å². The summed E-state index contributed by atoms with van der Waals surface area (Å²) in [5.74, 6) is 2.83. The fraction of sp³-hybridized carbons (Fsp3) is 0.455. The van der Waals surface area contributed by atoms with Crippen LogP contribution < -0.4 is 14.2 Å². The Labute approximate surface area is 220 Å². The highest BCUT2D eigenvalue weighted by molar-refractivity contribution is 5.38. The Morgan fingerprint density at radius 1 is 0.444 bits per heavy atom. The third kappa shape index (κ3) is 10.4. The van der Waals surface area contributed by atoms with Crippen molar-refractivity contribution < 1.29 is 14.2 Å². The number of benzene rings is 3. The summed E-state index contributed by atoms with van der Waals surface area (Å²) >= 11 is 0. The maximum atomic E-state index is 5.27. The quantitative estimate of drug-likeness (QED) is 0.365. The third-order valence-electron chi connectivity index (χ3n) is 5.81. The lowest BCUT2D eigenvalue weighted by Gasteiger charge is -2.21. The smallest absolute Gasteiger partial charge is 0.122 e. The Morgan fingerprint density at radius 3 is 1.39 bits per heavy atom. The van der Waals surface area contributed by atoms with Crippen LogP contribution >= 0.6 is 0 Å². The van der Waals surface area contributed by atoms with Gasteiger partial charge in [0.15, 0.2) is 0 Å². The lowest BCUT2D eigenvalue weighted by molar-refractivity contribution is 0.397. The molecule has 3 heteroatoms. The van der Waals surface area contributed by atoms with Gasteiger partial charge in [0.2, 0.25) is 0 Å². The number of para-hydroxylation sites is 1. The van der Waals surface area contributed by atoms with Gasteiger partial charge in [0.1, 0.15) is 17.2 Å². The summed E-state index contributed by atoms with van der Waals surface area (Å²) < 4.78 is 15.5. The average molecular weight is 493 g/mol. The maximum absolute atomic E-state index is 5.27. The van der Waals surface area contributed by atoms with Gasteiger partial charge in [0.05, 0.1) is 21.3 Å². The minimum absolute atomic E-state index is 0.159. The van der Waals surface area contributed by atoms with Gasteiger partial charge in [0, 0.05) is 0 Å². The van der Waals surface area contributed by atoms with E-state index < -0.39 is 0 Å². The molecule has 0 radical (unpaired) electrons. The highest BCUT2D eigenvalue weighted by Crippen LogP contribution is 2.30. The number of hydrogen-bond donors (Lipinski definition) is 0. The Morgan fingerprint density at radius 2 is 0.972 bits per heavy atom. The van der Waals surface area contributed by atoms with Crippen LogP contribution in [0.15, 0.2) is 72.8 Å². The Balaban J connectivity index is 0.000000270. The molecule has 0 saturated carbocycles. The van der Waals surface area contributed by atoms with Crippen LogP contribution in [-0.2, 0) is 16.2 Å². The van der Waals surface area contributed by atoms with E-state index in [-0.39, 0.29) is 16.2 Å². The van der Waals surface area contributed by atoms with Gasteiger partial charge in [-0.15, -0.1) is 0 Å². The van der Waals surface area contributed by atoms with Crippen LogP contribution in [0.25, 0.3) is 0 Å². The molecule has 0 N–H and O–H groups in total. The van der Waals surface area contributed by atoms with Gasteiger partial charge in [0.25, 0.3) is 0 Å². The fourth-order valence-electron chi connectivity index (χ4n) is 3.44.